The highest BCUT2D eigenvalue weighted by Crippen LogP contribution is 2.36. The summed E-state index contributed by atoms with van der Waals surface area (Å²) < 4.78 is 10.4. The molecule has 2 amide bonds. The zero-order chi connectivity index (χ0) is 22.7. The average Bonchev–Trinajstić information content (AvgIpc) is 3.10. The Labute approximate surface area is 187 Å². The number of nitrogens with zero attached hydrogens (tertiary/aromatic N) is 3. The molecule has 2 aromatic rings. The van der Waals surface area contributed by atoms with Crippen LogP contribution in [0.15, 0.2) is 54.2 Å². The summed E-state index contributed by atoms with van der Waals surface area (Å²) in [6.07, 6.45) is 0. The van der Waals surface area contributed by atoms with E-state index in [-0.39, 0.29) is 18.4 Å². The van der Waals surface area contributed by atoms with Gasteiger partial charge in [-0.3, -0.25) is 14.5 Å². The fraction of sp³-hybridized carbons (Fsp3) is 0.333. The third-order valence-electron chi connectivity index (χ3n) is 5.87. The standard InChI is InChI=1S/C24H27N3O5/c1-31-19-7-3-17(4-8-19)21-22(26-13-11-25(12-14-26)15-16-28)24(30)27(23(21)29)18-5-9-20(32-2)10-6-18/h3-10,28H,11-16H2,1-2H3. The third kappa shape index (κ3) is 4.06. The second kappa shape index (κ2) is 9.42. The van der Waals surface area contributed by atoms with Crippen LogP contribution < -0.4 is 14.4 Å². The molecule has 0 spiro atoms. The Bertz CT molecular complexity index is 1010. The van der Waals surface area contributed by atoms with Crippen LogP contribution in [0.25, 0.3) is 5.57 Å². The van der Waals surface area contributed by atoms with Crippen LogP contribution in [0.5, 0.6) is 11.5 Å². The van der Waals surface area contributed by atoms with Crippen molar-refractivity contribution in [1.29, 1.82) is 0 Å². The predicted molar refractivity (Wildman–Crippen MR) is 120 cm³/mol. The van der Waals surface area contributed by atoms with E-state index < -0.39 is 0 Å². The first kappa shape index (κ1) is 21.9. The van der Waals surface area contributed by atoms with E-state index in [0.29, 0.717) is 66.7 Å². The summed E-state index contributed by atoms with van der Waals surface area (Å²) in [5.41, 5.74) is 1.98. The van der Waals surface area contributed by atoms with Crippen molar-refractivity contribution in [2.45, 2.75) is 0 Å². The van der Waals surface area contributed by atoms with Crippen LogP contribution in [-0.2, 0) is 9.59 Å². The molecule has 0 unspecified atom stereocenters. The van der Waals surface area contributed by atoms with Gasteiger partial charge in [-0.2, -0.15) is 0 Å². The number of rotatable bonds is 7. The molecule has 0 atom stereocenters. The Kier molecular flexibility index (Phi) is 6.43. The first-order valence-corrected chi connectivity index (χ1v) is 10.6. The largest absolute Gasteiger partial charge is 0.497 e. The Balaban J connectivity index is 1.71. The fourth-order valence-electron chi connectivity index (χ4n) is 4.13. The number of piperazine rings is 1. The monoisotopic (exact) mass is 437 g/mol. The molecular formula is C24H27N3O5. The summed E-state index contributed by atoms with van der Waals surface area (Å²) in [5, 5.41) is 9.22. The van der Waals surface area contributed by atoms with Gasteiger partial charge in [-0.1, -0.05) is 12.1 Å². The number of aliphatic hydroxyl groups is 1. The molecule has 8 heteroatoms. The minimum Gasteiger partial charge on any atom is -0.497 e. The Morgan fingerprint density at radius 1 is 0.812 bits per heavy atom. The van der Waals surface area contributed by atoms with Gasteiger partial charge < -0.3 is 19.5 Å². The number of carbonyl (C=O) groups is 2. The van der Waals surface area contributed by atoms with Crippen LogP contribution in [-0.4, -0.2) is 80.3 Å². The molecule has 0 aromatic heterocycles. The number of benzene rings is 2. The number of imide groups is 1. The van der Waals surface area contributed by atoms with Crippen molar-refractivity contribution < 1.29 is 24.2 Å². The maximum atomic E-state index is 13.6. The van der Waals surface area contributed by atoms with Crippen molar-refractivity contribution >= 4 is 23.1 Å². The van der Waals surface area contributed by atoms with Gasteiger partial charge in [-0.25, -0.2) is 4.90 Å². The van der Waals surface area contributed by atoms with Crippen LogP contribution in [0.2, 0.25) is 0 Å². The van der Waals surface area contributed by atoms with Crippen LogP contribution in [0.3, 0.4) is 0 Å². The summed E-state index contributed by atoms with van der Waals surface area (Å²) >= 11 is 0. The van der Waals surface area contributed by atoms with E-state index in [0.717, 1.165) is 0 Å². The summed E-state index contributed by atoms with van der Waals surface area (Å²) in [5.74, 6) is 0.647. The quantitative estimate of drug-likeness (QED) is 0.659. The number of hydrogen-bond acceptors (Lipinski definition) is 7. The van der Waals surface area contributed by atoms with Gasteiger partial charge in [0.1, 0.15) is 17.2 Å². The van der Waals surface area contributed by atoms with E-state index in [4.69, 9.17) is 9.47 Å². The molecule has 0 bridgehead atoms. The van der Waals surface area contributed by atoms with Gasteiger partial charge in [0, 0.05) is 32.7 Å². The summed E-state index contributed by atoms with van der Waals surface area (Å²) in [6, 6.07) is 14.1. The molecule has 4 rings (SSSR count). The SMILES string of the molecule is COc1ccc(C2=C(N3CCN(CCO)CC3)C(=O)N(c3ccc(OC)cc3)C2=O)cc1. The maximum absolute atomic E-state index is 13.6. The highest BCUT2D eigenvalue weighted by atomic mass is 16.5. The van der Waals surface area contributed by atoms with E-state index >= 15 is 0 Å². The van der Waals surface area contributed by atoms with Gasteiger partial charge in [-0.15, -0.1) is 0 Å². The van der Waals surface area contributed by atoms with Crippen molar-refractivity contribution in [3.8, 4) is 11.5 Å². The molecule has 168 valence electrons. The minimum atomic E-state index is -0.349. The number of aliphatic hydroxyl groups excluding tert-OH is 1. The van der Waals surface area contributed by atoms with Gasteiger partial charge in [-0.05, 0) is 42.0 Å². The highest BCUT2D eigenvalue weighted by molar-refractivity contribution is 6.45. The second-order valence-electron chi connectivity index (χ2n) is 7.65. The molecule has 0 radical (unpaired) electrons. The van der Waals surface area contributed by atoms with Crippen LogP contribution >= 0.6 is 0 Å². The maximum Gasteiger partial charge on any atom is 0.282 e. The Hall–Kier alpha value is -3.36. The molecule has 32 heavy (non-hydrogen) atoms. The molecule has 2 aliphatic heterocycles. The number of methoxy groups -OCH3 is 2. The number of ether oxygens (including phenoxy) is 2. The average molecular weight is 437 g/mol. The lowest BCUT2D eigenvalue weighted by atomic mass is 10.0. The lowest BCUT2D eigenvalue weighted by Gasteiger charge is -2.36. The van der Waals surface area contributed by atoms with E-state index in [1.165, 1.54) is 4.90 Å². The second-order valence-corrected chi connectivity index (χ2v) is 7.65. The molecule has 8 nitrogen and oxygen atoms in total. The highest BCUT2D eigenvalue weighted by Gasteiger charge is 2.43. The van der Waals surface area contributed by atoms with E-state index in [1.54, 1.807) is 62.8 Å². The topological polar surface area (TPSA) is 82.6 Å². The van der Waals surface area contributed by atoms with E-state index in [9.17, 15) is 14.7 Å². The predicted octanol–water partition coefficient (Wildman–Crippen LogP) is 1.60. The van der Waals surface area contributed by atoms with E-state index in [2.05, 4.69) is 4.90 Å². The smallest absolute Gasteiger partial charge is 0.282 e. The van der Waals surface area contributed by atoms with Gasteiger partial charge in [0.25, 0.3) is 11.8 Å². The van der Waals surface area contributed by atoms with Crippen molar-refractivity contribution in [2.24, 2.45) is 0 Å². The number of carbonyl (C=O) groups excluding carboxylic acids is 2. The third-order valence-corrected chi connectivity index (χ3v) is 5.87. The first-order valence-electron chi connectivity index (χ1n) is 10.6. The lowest BCUT2D eigenvalue weighted by Crippen LogP contribution is -2.48. The normalized spacial score (nSPS) is 17.3. The molecule has 0 saturated carbocycles. The summed E-state index contributed by atoms with van der Waals surface area (Å²) in [4.78, 5) is 32.5. The van der Waals surface area contributed by atoms with E-state index in [1.807, 2.05) is 4.90 Å². The molecule has 2 heterocycles. The number of β-amino-alcohol motifs (C(OH)–C–C–N with tert-alkyl or cyclic N) is 1. The molecule has 1 N–H and O–H groups in total. The van der Waals surface area contributed by atoms with Crippen LogP contribution in [0, 0.1) is 0 Å². The van der Waals surface area contributed by atoms with Crippen molar-refractivity contribution in [2.75, 3.05) is 58.5 Å². The zero-order valence-corrected chi connectivity index (χ0v) is 18.3. The van der Waals surface area contributed by atoms with Crippen molar-refractivity contribution in [3.63, 3.8) is 0 Å². The van der Waals surface area contributed by atoms with Gasteiger partial charge in [0.2, 0.25) is 0 Å². The van der Waals surface area contributed by atoms with Crippen LogP contribution in [0.4, 0.5) is 5.69 Å². The summed E-state index contributed by atoms with van der Waals surface area (Å²) in [6.45, 7) is 3.33. The molecule has 1 fully saturated rings. The lowest BCUT2D eigenvalue weighted by molar-refractivity contribution is -0.120. The molecule has 2 aliphatic rings. The fourth-order valence-corrected chi connectivity index (χ4v) is 4.13. The Morgan fingerprint density at radius 3 is 1.91 bits per heavy atom. The van der Waals surface area contributed by atoms with Gasteiger partial charge >= 0.3 is 0 Å². The van der Waals surface area contributed by atoms with Gasteiger partial charge in [0.05, 0.1) is 32.1 Å². The zero-order valence-electron chi connectivity index (χ0n) is 18.3. The number of amides is 2. The summed E-state index contributed by atoms with van der Waals surface area (Å²) in [7, 11) is 3.15. The number of hydrogen-bond donors (Lipinski definition) is 1. The van der Waals surface area contributed by atoms with Crippen molar-refractivity contribution in [3.05, 3.63) is 59.8 Å². The Morgan fingerprint density at radius 2 is 1.38 bits per heavy atom. The molecule has 0 aliphatic carbocycles. The molecule has 2 aromatic carbocycles. The van der Waals surface area contributed by atoms with Crippen LogP contribution in [0.1, 0.15) is 5.56 Å². The first-order chi connectivity index (χ1) is 15.6. The molecule has 1 saturated heterocycles. The van der Waals surface area contributed by atoms with Crippen molar-refractivity contribution in [1.82, 2.24) is 9.80 Å². The molecular weight excluding hydrogens is 410 g/mol. The number of anilines is 1. The van der Waals surface area contributed by atoms with Gasteiger partial charge in [0.15, 0.2) is 0 Å². The minimum absolute atomic E-state index is 0.0997.